The van der Waals surface area contributed by atoms with Crippen LogP contribution in [0.3, 0.4) is 0 Å². The van der Waals surface area contributed by atoms with E-state index in [1.807, 2.05) is 0 Å². The fraction of sp³-hybridized carbons (Fsp3) is 0.931. The van der Waals surface area contributed by atoms with Crippen LogP contribution in [-0.2, 0) is 4.74 Å². The largest absolute Gasteiger partial charge is 0.393 e. The van der Waals surface area contributed by atoms with Gasteiger partial charge in [0.2, 0.25) is 0 Å². The van der Waals surface area contributed by atoms with Crippen LogP contribution in [0.25, 0.3) is 0 Å². The Kier molecular flexibility index (Phi) is 7.01. The monoisotopic (exact) mass is 430 g/mol. The van der Waals surface area contributed by atoms with Gasteiger partial charge >= 0.3 is 0 Å². The normalized spacial score (nSPS) is 48.1. The summed E-state index contributed by atoms with van der Waals surface area (Å²) >= 11 is 0. The highest BCUT2D eigenvalue weighted by Gasteiger charge is 2.59. The van der Waals surface area contributed by atoms with Crippen molar-refractivity contribution in [1.29, 1.82) is 0 Å². The third-order valence-corrected chi connectivity index (χ3v) is 10.2. The van der Waals surface area contributed by atoms with Gasteiger partial charge in [0, 0.05) is 0 Å². The molecule has 5 rings (SSSR count). The molecule has 0 bridgehead atoms. The van der Waals surface area contributed by atoms with E-state index in [4.69, 9.17) is 4.74 Å². The molecule has 1 aliphatic heterocycles. The summed E-state index contributed by atoms with van der Waals surface area (Å²) in [6.07, 6.45) is 17.6. The highest BCUT2D eigenvalue weighted by Crippen LogP contribution is 2.67. The summed E-state index contributed by atoms with van der Waals surface area (Å²) in [5.74, 6) is 4.31. The number of aliphatic hydroxyl groups is 1. The lowest BCUT2D eigenvalue weighted by Crippen LogP contribution is -2.50. The van der Waals surface area contributed by atoms with Gasteiger partial charge in [0.05, 0.1) is 18.3 Å². The summed E-state index contributed by atoms with van der Waals surface area (Å²) in [7, 11) is 0. The quantitative estimate of drug-likeness (QED) is 0.369. The van der Waals surface area contributed by atoms with E-state index in [9.17, 15) is 5.11 Å². The minimum Gasteiger partial charge on any atom is -0.393 e. The molecule has 31 heavy (non-hydrogen) atoms. The van der Waals surface area contributed by atoms with E-state index in [0.29, 0.717) is 23.0 Å². The average molecular weight is 431 g/mol. The smallest absolute Gasteiger partial charge is 0.0844 e. The van der Waals surface area contributed by atoms with E-state index >= 15 is 0 Å². The van der Waals surface area contributed by atoms with Gasteiger partial charge in [0.25, 0.3) is 0 Å². The second-order valence-electron chi connectivity index (χ2n) is 12.8. The fourth-order valence-electron chi connectivity index (χ4n) is 8.48. The van der Waals surface area contributed by atoms with Gasteiger partial charge in [0.15, 0.2) is 0 Å². The number of rotatable bonds is 4. The lowest BCUT2D eigenvalue weighted by molar-refractivity contribution is -0.0513. The van der Waals surface area contributed by atoms with Gasteiger partial charge in [-0.1, -0.05) is 59.6 Å². The molecule has 0 spiro atoms. The van der Waals surface area contributed by atoms with E-state index in [1.54, 1.807) is 5.57 Å². The van der Waals surface area contributed by atoms with Crippen molar-refractivity contribution in [2.75, 3.05) is 0 Å². The van der Waals surface area contributed by atoms with Crippen molar-refractivity contribution in [3.63, 3.8) is 0 Å². The highest BCUT2D eigenvalue weighted by molar-refractivity contribution is 5.25. The summed E-state index contributed by atoms with van der Waals surface area (Å²) in [4.78, 5) is 0. The molecule has 1 N–H and O–H groups in total. The molecule has 5 aliphatic rings. The standard InChI is InChI=1S/C26H42O2.C3H8/c1-16(2)13-23-24(28-23)15-18-6-8-21-20-7-5-17-14-19(27)9-11-25(17,3)22(20)10-12-26(18,21)4;1-3-2/h5,16,18-24,27H,6-15H2,1-4H3;3H2,1-2H3. The van der Waals surface area contributed by atoms with Crippen molar-refractivity contribution in [3.8, 4) is 0 Å². The Bertz CT molecular complexity index is 653. The Labute approximate surface area is 192 Å². The van der Waals surface area contributed by atoms with Crippen LogP contribution in [0.5, 0.6) is 0 Å². The maximum atomic E-state index is 10.2. The van der Waals surface area contributed by atoms with Gasteiger partial charge in [-0.2, -0.15) is 0 Å². The molecule has 2 heteroatoms. The lowest BCUT2D eigenvalue weighted by Gasteiger charge is -2.58. The minimum absolute atomic E-state index is 0.0853. The van der Waals surface area contributed by atoms with Gasteiger partial charge in [-0.05, 0) is 105 Å². The summed E-state index contributed by atoms with van der Waals surface area (Å²) in [6.45, 7) is 14.1. The van der Waals surface area contributed by atoms with Crippen molar-refractivity contribution in [1.82, 2.24) is 0 Å². The topological polar surface area (TPSA) is 32.8 Å². The summed E-state index contributed by atoms with van der Waals surface area (Å²) in [5.41, 5.74) is 2.53. The molecule has 0 aromatic carbocycles. The number of hydrogen-bond donors (Lipinski definition) is 1. The molecule has 4 aliphatic carbocycles. The molecule has 0 aromatic rings. The molecule has 0 amide bonds. The number of fused-ring (bicyclic) bond motifs is 5. The van der Waals surface area contributed by atoms with E-state index < -0.39 is 0 Å². The first-order chi connectivity index (χ1) is 14.7. The van der Waals surface area contributed by atoms with Crippen molar-refractivity contribution < 1.29 is 9.84 Å². The van der Waals surface area contributed by atoms with E-state index in [2.05, 4.69) is 47.6 Å². The predicted octanol–water partition coefficient (Wildman–Crippen LogP) is 7.55. The Hall–Kier alpha value is -0.340. The van der Waals surface area contributed by atoms with Crippen LogP contribution in [0, 0.1) is 40.4 Å². The van der Waals surface area contributed by atoms with E-state index in [0.717, 1.165) is 42.4 Å². The minimum atomic E-state index is -0.0853. The number of epoxide rings is 1. The zero-order valence-electron chi connectivity index (χ0n) is 21.3. The first-order valence-electron chi connectivity index (χ1n) is 13.8. The highest BCUT2D eigenvalue weighted by atomic mass is 16.6. The van der Waals surface area contributed by atoms with Crippen LogP contribution < -0.4 is 0 Å². The first-order valence-corrected chi connectivity index (χ1v) is 13.8. The van der Waals surface area contributed by atoms with E-state index in [-0.39, 0.29) is 6.10 Å². The molecule has 9 atom stereocenters. The van der Waals surface area contributed by atoms with E-state index in [1.165, 1.54) is 57.8 Å². The van der Waals surface area contributed by atoms with Gasteiger partial charge in [-0.15, -0.1) is 0 Å². The second kappa shape index (κ2) is 9.13. The van der Waals surface area contributed by atoms with Crippen molar-refractivity contribution in [3.05, 3.63) is 11.6 Å². The first kappa shape index (κ1) is 23.8. The third kappa shape index (κ3) is 4.42. The van der Waals surface area contributed by atoms with Crippen LogP contribution in [0.2, 0.25) is 0 Å². The van der Waals surface area contributed by atoms with Crippen molar-refractivity contribution in [2.45, 2.75) is 130 Å². The number of hydrogen-bond acceptors (Lipinski definition) is 2. The second-order valence-corrected chi connectivity index (χ2v) is 12.8. The number of allylic oxidation sites excluding steroid dienone is 1. The molecule has 0 radical (unpaired) electrons. The van der Waals surface area contributed by atoms with Crippen LogP contribution >= 0.6 is 0 Å². The molecule has 2 nitrogen and oxygen atoms in total. The van der Waals surface area contributed by atoms with Crippen LogP contribution in [-0.4, -0.2) is 23.4 Å². The number of ether oxygens (including phenoxy) is 1. The Morgan fingerprint density at radius 3 is 2.48 bits per heavy atom. The molecule has 178 valence electrons. The van der Waals surface area contributed by atoms with Gasteiger partial charge < -0.3 is 9.84 Å². The summed E-state index contributed by atoms with van der Waals surface area (Å²) in [6, 6.07) is 0. The van der Waals surface area contributed by atoms with Crippen LogP contribution in [0.15, 0.2) is 11.6 Å². The maximum Gasteiger partial charge on any atom is 0.0844 e. The van der Waals surface area contributed by atoms with Crippen molar-refractivity contribution in [2.24, 2.45) is 40.4 Å². The van der Waals surface area contributed by atoms with Crippen LogP contribution in [0.1, 0.15) is 112 Å². The molecular weight excluding hydrogens is 380 g/mol. The summed E-state index contributed by atoms with van der Waals surface area (Å²) in [5, 5.41) is 10.2. The lowest BCUT2D eigenvalue weighted by atomic mass is 9.47. The molecule has 1 saturated heterocycles. The van der Waals surface area contributed by atoms with Gasteiger partial charge in [0.1, 0.15) is 0 Å². The Morgan fingerprint density at radius 1 is 1.03 bits per heavy atom. The maximum absolute atomic E-state index is 10.2. The van der Waals surface area contributed by atoms with Gasteiger partial charge in [-0.3, -0.25) is 0 Å². The molecule has 9 unspecified atom stereocenters. The summed E-state index contributed by atoms with van der Waals surface area (Å²) < 4.78 is 6.08. The number of aliphatic hydroxyl groups excluding tert-OH is 1. The zero-order valence-corrected chi connectivity index (χ0v) is 21.3. The van der Waals surface area contributed by atoms with Crippen molar-refractivity contribution >= 4 is 0 Å². The third-order valence-electron chi connectivity index (χ3n) is 10.2. The molecular formula is C29H50O2. The molecule has 4 fully saturated rings. The molecule has 1 heterocycles. The SMILES string of the molecule is CC(C)CC1OC1CC1CCC2C3CC=C4CC(O)CCC4(C)C3CCC12C.CCC. The molecule has 3 saturated carbocycles. The Morgan fingerprint density at radius 2 is 1.77 bits per heavy atom. The van der Waals surface area contributed by atoms with Gasteiger partial charge in [-0.25, -0.2) is 0 Å². The average Bonchev–Trinajstić information content (AvgIpc) is 3.33. The zero-order chi connectivity index (χ0) is 22.4. The fourth-order valence-corrected chi connectivity index (χ4v) is 8.48. The Balaban J connectivity index is 0.000000730. The predicted molar refractivity (Wildman–Crippen MR) is 130 cm³/mol. The molecule has 0 aromatic heterocycles. The van der Waals surface area contributed by atoms with Crippen LogP contribution in [0.4, 0.5) is 0 Å².